The van der Waals surface area contributed by atoms with E-state index >= 15 is 0 Å². The lowest BCUT2D eigenvalue weighted by Gasteiger charge is -2.36. The van der Waals surface area contributed by atoms with Gasteiger partial charge in [-0.1, -0.05) is 30.3 Å². The third kappa shape index (κ3) is 3.33. The van der Waals surface area contributed by atoms with Crippen LogP contribution in [0.5, 0.6) is 0 Å². The Morgan fingerprint density at radius 2 is 1.84 bits per heavy atom. The van der Waals surface area contributed by atoms with Gasteiger partial charge in [0.2, 0.25) is 5.91 Å². The number of likely N-dealkylation sites (N-methyl/N-ethyl adjacent to an activating group) is 1. The topological polar surface area (TPSA) is 41.4 Å². The molecule has 5 nitrogen and oxygen atoms in total. The van der Waals surface area contributed by atoms with Crippen molar-refractivity contribution in [1.82, 2.24) is 19.4 Å². The van der Waals surface area contributed by atoms with Crippen LogP contribution in [0.2, 0.25) is 0 Å². The van der Waals surface area contributed by atoms with Gasteiger partial charge in [-0.2, -0.15) is 0 Å². The number of aromatic nitrogens is 2. The second-order valence-electron chi connectivity index (χ2n) is 6.64. The first-order valence-electron chi connectivity index (χ1n) is 9.17. The highest BCUT2D eigenvalue weighted by atomic mass is 16.2. The number of amides is 1. The monoisotopic (exact) mass is 340 g/mol. The van der Waals surface area contributed by atoms with Crippen LogP contribution in [0.4, 0.5) is 0 Å². The van der Waals surface area contributed by atoms with E-state index in [4.69, 9.17) is 4.98 Å². The van der Waals surface area contributed by atoms with Crippen molar-refractivity contribution in [2.75, 3.05) is 19.6 Å². The van der Waals surface area contributed by atoms with Crippen LogP contribution in [0.15, 0.2) is 30.3 Å². The van der Waals surface area contributed by atoms with Crippen LogP contribution in [0.1, 0.15) is 42.7 Å². The number of rotatable bonds is 5. The Balaban J connectivity index is 1.94. The fourth-order valence-corrected chi connectivity index (χ4v) is 3.70. The van der Waals surface area contributed by atoms with E-state index in [9.17, 15) is 4.79 Å². The zero-order valence-electron chi connectivity index (χ0n) is 15.7. The third-order valence-electron chi connectivity index (χ3n) is 5.28. The predicted molar refractivity (Wildman–Crippen MR) is 99.2 cm³/mol. The molecule has 1 unspecified atom stereocenters. The Bertz CT molecular complexity index is 734. The maximum atomic E-state index is 13.2. The summed E-state index contributed by atoms with van der Waals surface area (Å²) in [7, 11) is 0. The average molecular weight is 340 g/mol. The second kappa shape index (κ2) is 7.40. The van der Waals surface area contributed by atoms with Crippen LogP contribution in [0.25, 0.3) is 0 Å². The minimum Gasteiger partial charge on any atom is -0.342 e. The molecule has 0 saturated carbocycles. The van der Waals surface area contributed by atoms with Gasteiger partial charge in [-0.25, -0.2) is 4.98 Å². The van der Waals surface area contributed by atoms with Gasteiger partial charge in [0.15, 0.2) is 0 Å². The summed E-state index contributed by atoms with van der Waals surface area (Å²) in [6.07, 6.45) is 0. The average Bonchev–Trinajstić information content (AvgIpc) is 2.91. The molecule has 0 N–H and O–H groups in total. The predicted octanol–water partition coefficient (Wildman–Crippen LogP) is 2.93. The van der Waals surface area contributed by atoms with Crippen LogP contribution < -0.4 is 0 Å². The standard InChI is InChI=1S/C20H28N4O/c1-5-22(6-2)20(25)19(17-10-8-7-9-11-17)23-12-13-24-16(4)15(3)21-18(24)14-23/h7-11,19H,5-6,12-14H2,1-4H3. The number of imidazole rings is 1. The van der Waals surface area contributed by atoms with Crippen LogP contribution in [0, 0.1) is 13.8 Å². The molecule has 0 spiro atoms. The quantitative estimate of drug-likeness (QED) is 0.840. The van der Waals surface area contributed by atoms with Gasteiger partial charge in [0, 0.05) is 31.9 Å². The van der Waals surface area contributed by atoms with Crippen LogP contribution >= 0.6 is 0 Å². The molecule has 1 atom stereocenters. The third-order valence-corrected chi connectivity index (χ3v) is 5.28. The van der Waals surface area contributed by atoms with E-state index in [1.54, 1.807) is 0 Å². The fourth-order valence-electron chi connectivity index (χ4n) is 3.70. The van der Waals surface area contributed by atoms with Crippen LogP contribution in [-0.4, -0.2) is 44.9 Å². The van der Waals surface area contributed by atoms with Gasteiger partial charge in [0.25, 0.3) is 0 Å². The zero-order chi connectivity index (χ0) is 18.0. The van der Waals surface area contributed by atoms with E-state index in [1.807, 2.05) is 36.9 Å². The van der Waals surface area contributed by atoms with Crippen LogP contribution in [-0.2, 0) is 17.9 Å². The Morgan fingerprint density at radius 3 is 2.48 bits per heavy atom. The minimum absolute atomic E-state index is 0.185. The Kier molecular flexibility index (Phi) is 5.23. The molecule has 2 aromatic rings. The maximum Gasteiger partial charge on any atom is 0.244 e. The number of nitrogens with zero attached hydrogens (tertiary/aromatic N) is 4. The van der Waals surface area contributed by atoms with Crippen molar-refractivity contribution in [1.29, 1.82) is 0 Å². The molecule has 0 saturated heterocycles. The van der Waals surface area contributed by atoms with E-state index < -0.39 is 0 Å². The molecule has 5 heteroatoms. The lowest BCUT2D eigenvalue weighted by molar-refractivity contribution is -0.137. The lowest BCUT2D eigenvalue weighted by Crippen LogP contribution is -2.45. The van der Waals surface area contributed by atoms with Gasteiger partial charge in [-0.3, -0.25) is 9.69 Å². The summed E-state index contributed by atoms with van der Waals surface area (Å²) in [5.41, 5.74) is 3.39. The first kappa shape index (κ1) is 17.7. The normalized spacial score (nSPS) is 15.7. The molecule has 1 amide bonds. The molecule has 0 aliphatic carbocycles. The largest absolute Gasteiger partial charge is 0.342 e. The summed E-state index contributed by atoms with van der Waals surface area (Å²) >= 11 is 0. The van der Waals surface area contributed by atoms with Gasteiger partial charge in [0.05, 0.1) is 12.2 Å². The molecular formula is C20H28N4O. The van der Waals surface area contributed by atoms with Crippen molar-refractivity contribution in [3.63, 3.8) is 0 Å². The van der Waals surface area contributed by atoms with E-state index in [0.29, 0.717) is 6.54 Å². The van der Waals surface area contributed by atoms with E-state index in [0.717, 1.165) is 43.3 Å². The molecule has 0 bridgehead atoms. The van der Waals surface area contributed by atoms with Crippen molar-refractivity contribution in [3.05, 3.63) is 53.1 Å². The van der Waals surface area contributed by atoms with Crippen molar-refractivity contribution >= 4 is 5.91 Å². The van der Waals surface area contributed by atoms with Crippen molar-refractivity contribution < 1.29 is 4.79 Å². The Hall–Kier alpha value is -2.14. The molecular weight excluding hydrogens is 312 g/mol. The molecule has 134 valence electrons. The van der Waals surface area contributed by atoms with Gasteiger partial charge >= 0.3 is 0 Å². The first-order valence-corrected chi connectivity index (χ1v) is 9.17. The Morgan fingerprint density at radius 1 is 1.16 bits per heavy atom. The number of benzene rings is 1. The number of carbonyl (C=O) groups is 1. The van der Waals surface area contributed by atoms with Gasteiger partial charge in [0.1, 0.15) is 11.9 Å². The minimum atomic E-state index is -0.243. The number of fused-ring (bicyclic) bond motifs is 1. The highest BCUT2D eigenvalue weighted by Crippen LogP contribution is 2.28. The van der Waals surface area contributed by atoms with Crippen molar-refractivity contribution in [2.45, 2.75) is 46.8 Å². The van der Waals surface area contributed by atoms with E-state index in [-0.39, 0.29) is 11.9 Å². The molecule has 25 heavy (non-hydrogen) atoms. The molecule has 2 heterocycles. The molecule has 1 aromatic carbocycles. The number of hydrogen-bond donors (Lipinski definition) is 0. The number of carbonyl (C=O) groups excluding carboxylic acids is 1. The second-order valence-corrected chi connectivity index (χ2v) is 6.64. The Labute approximate surface area is 150 Å². The number of hydrogen-bond acceptors (Lipinski definition) is 3. The summed E-state index contributed by atoms with van der Waals surface area (Å²) in [4.78, 5) is 22.2. The van der Waals surface area contributed by atoms with Crippen molar-refractivity contribution in [3.8, 4) is 0 Å². The van der Waals surface area contributed by atoms with E-state index in [2.05, 4.69) is 35.4 Å². The lowest BCUT2D eigenvalue weighted by atomic mass is 10.0. The highest BCUT2D eigenvalue weighted by molar-refractivity contribution is 5.83. The van der Waals surface area contributed by atoms with E-state index in [1.165, 1.54) is 5.69 Å². The fraction of sp³-hybridized carbons (Fsp3) is 0.500. The number of aryl methyl sites for hydroxylation is 1. The molecule has 1 aliphatic rings. The molecule has 1 aliphatic heterocycles. The first-order chi connectivity index (χ1) is 12.1. The SMILES string of the molecule is CCN(CC)C(=O)C(c1ccccc1)N1CCn2c(nc(C)c2C)C1. The summed E-state index contributed by atoms with van der Waals surface area (Å²) < 4.78 is 2.29. The maximum absolute atomic E-state index is 13.2. The molecule has 0 radical (unpaired) electrons. The molecule has 1 aromatic heterocycles. The summed E-state index contributed by atoms with van der Waals surface area (Å²) in [5.74, 6) is 1.25. The summed E-state index contributed by atoms with van der Waals surface area (Å²) in [6, 6.07) is 9.89. The van der Waals surface area contributed by atoms with Gasteiger partial charge in [-0.05, 0) is 33.3 Å². The van der Waals surface area contributed by atoms with Gasteiger partial charge < -0.3 is 9.47 Å². The molecule has 0 fully saturated rings. The van der Waals surface area contributed by atoms with Crippen LogP contribution in [0.3, 0.4) is 0 Å². The summed E-state index contributed by atoms with van der Waals surface area (Å²) in [6.45, 7) is 12.2. The van der Waals surface area contributed by atoms with Crippen molar-refractivity contribution in [2.24, 2.45) is 0 Å². The molecule has 3 rings (SSSR count). The summed E-state index contributed by atoms with van der Waals surface area (Å²) in [5, 5.41) is 0. The van der Waals surface area contributed by atoms with Gasteiger partial charge in [-0.15, -0.1) is 0 Å². The zero-order valence-corrected chi connectivity index (χ0v) is 15.7. The smallest absolute Gasteiger partial charge is 0.244 e. The highest BCUT2D eigenvalue weighted by Gasteiger charge is 2.33.